The lowest BCUT2D eigenvalue weighted by molar-refractivity contribution is -0.274. The third-order valence-electron chi connectivity index (χ3n) is 3.68. The molecule has 0 aliphatic rings. The van der Waals surface area contributed by atoms with Crippen LogP contribution in [0.15, 0.2) is 53.0 Å². The first-order chi connectivity index (χ1) is 14.6. The van der Waals surface area contributed by atoms with Gasteiger partial charge in [0, 0.05) is 17.3 Å². The van der Waals surface area contributed by atoms with Crippen molar-refractivity contribution in [2.24, 2.45) is 0 Å². The molecule has 12 heteroatoms. The highest BCUT2D eigenvalue weighted by atomic mass is 79.9. The molecule has 0 radical (unpaired) electrons. The summed E-state index contributed by atoms with van der Waals surface area (Å²) in [5, 5.41) is 14.2. The van der Waals surface area contributed by atoms with Gasteiger partial charge in [-0.05, 0) is 46.3 Å². The van der Waals surface area contributed by atoms with Gasteiger partial charge in [0.25, 0.3) is 0 Å². The molecule has 0 saturated carbocycles. The SMILES string of the molecule is O=C(O)CNc1nc(Nc2ccc(Br)c(F)c2)cc(-c2cccc(OC(F)(F)F)c2)n1. The quantitative estimate of drug-likeness (QED) is 0.384. The molecule has 0 fully saturated rings. The third kappa shape index (κ3) is 6.54. The fourth-order valence-electron chi connectivity index (χ4n) is 2.47. The Bertz CT molecular complexity index is 1110. The molecule has 0 bridgehead atoms. The van der Waals surface area contributed by atoms with E-state index in [0.29, 0.717) is 5.69 Å². The molecule has 0 aliphatic heterocycles. The van der Waals surface area contributed by atoms with Crippen LogP contribution in [0.25, 0.3) is 11.3 Å². The van der Waals surface area contributed by atoms with Gasteiger partial charge in [0.15, 0.2) is 0 Å². The highest BCUT2D eigenvalue weighted by Gasteiger charge is 2.31. The van der Waals surface area contributed by atoms with E-state index in [-0.39, 0.29) is 27.5 Å². The molecule has 3 rings (SSSR count). The van der Waals surface area contributed by atoms with Gasteiger partial charge in [0.1, 0.15) is 23.9 Å². The summed E-state index contributed by atoms with van der Waals surface area (Å²) < 4.78 is 55.5. The van der Waals surface area contributed by atoms with E-state index >= 15 is 0 Å². The summed E-state index contributed by atoms with van der Waals surface area (Å²) in [4.78, 5) is 19.1. The zero-order valence-electron chi connectivity index (χ0n) is 15.4. The zero-order chi connectivity index (χ0) is 22.6. The number of carboxylic acids is 1. The van der Waals surface area contributed by atoms with Gasteiger partial charge < -0.3 is 20.5 Å². The number of alkyl halides is 3. The lowest BCUT2D eigenvalue weighted by atomic mass is 10.1. The molecule has 3 aromatic rings. The molecule has 0 amide bonds. The Morgan fingerprint density at radius 3 is 2.58 bits per heavy atom. The Labute approximate surface area is 181 Å². The lowest BCUT2D eigenvalue weighted by Crippen LogP contribution is -2.17. The molecule has 2 aromatic carbocycles. The van der Waals surface area contributed by atoms with Crippen molar-refractivity contribution in [3.8, 4) is 17.0 Å². The molecule has 3 N–H and O–H groups in total. The minimum absolute atomic E-state index is 0.0953. The molecule has 0 saturated heterocycles. The molecule has 0 spiro atoms. The smallest absolute Gasteiger partial charge is 0.480 e. The largest absolute Gasteiger partial charge is 0.573 e. The van der Waals surface area contributed by atoms with Crippen LogP contribution in [-0.2, 0) is 4.79 Å². The maximum Gasteiger partial charge on any atom is 0.573 e. The van der Waals surface area contributed by atoms with E-state index in [1.165, 1.54) is 30.3 Å². The minimum Gasteiger partial charge on any atom is -0.480 e. The minimum atomic E-state index is -4.86. The fraction of sp³-hybridized carbons (Fsp3) is 0.105. The van der Waals surface area contributed by atoms with E-state index in [0.717, 1.165) is 12.1 Å². The summed E-state index contributed by atoms with van der Waals surface area (Å²) in [7, 11) is 0. The van der Waals surface area contributed by atoms with Crippen molar-refractivity contribution < 1.29 is 32.2 Å². The first-order valence-corrected chi connectivity index (χ1v) is 9.31. The van der Waals surface area contributed by atoms with Crippen molar-refractivity contribution in [1.82, 2.24) is 9.97 Å². The van der Waals surface area contributed by atoms with E-state index in [9.17, 15) is 22.4 Å². The number of rotatable bonds is 7. The highest BCUT2D eigenvalue weighted by molar-refractivity contribution is 9.10. The Morgan fingerprint density at radius 2 is 1.90 bits per heavy atom. The number of nitrogens with one attached hydrogen (secondary N) is 2. The molecule has 0 aliphatic carbocycles. The van der Waals surface area contributed by atoms with Crippen LogP contribution in [0.1, 0.15) is 0 Å². The van der Waals surface area contributed by atoms with E-state index in [1.54, 1.807) is 6.07 Å². The van der Waals surface area contributed by atoms with Crippen molar-refractivity contribution in [1.29, 1.82) is 0 Å². The van der Waals surface area contributed by atoms with Crippen LogP contribution in [0.3, 0.4) is 0 Å². The number of benzene rings is 2. The molecular weight excluding hydrogens is 488 g/mol. The van der Waals surface area contributed by atoms with Gasteiger partial charge in [0.05, 0.1) is 10.2 Å². The van der Waals surface area contributed by atoms with Crippen LogP contribution in [0.2, 0.25) is 0 Å². The maximum atomic E-state index is 13.8. The van der Waals surface area contributed by atoms with E-state index in [2.05, 4.69) is 41.3 Å². The van der Waals surface area contributed by atoms with Gasteiger partial charge >= 0.3 is 12.3 Å². The van der Waals surface area contributed by atoms with Crippen LogP contribution >= 0.6 is 15.9 Å². The monoisotopic (exact) mass is 500 g/mol. The Balaban J connectivity index is 1.98. The van der Waals surface area contributed by atoms with Crippen molar-refractivity contribution in [3.05, 3.63) is 58.8 Å². The number of anilines is 3. The number of hydrogen-bond donors (Lipinski definition) is 3. The van der Waals surface area contributed by atoms with Gasteiger partial charge in [-0.1, -0.05) is 12.1 Å². The number of nitrogens with zero attached hydrogens (tertiary/aromatic N) is 2. The highest BCUT2D eigenvalue weighted by Crippen LogP contribution is 2.29. The maximum absolute atomic E-state index is 13.8. The second-order valence-electron chi connectivity index (χ2n) is 6.04. The van der Waals surface area contributed by atoms with Gasteiger partial charge in [-0.25, -0.2) is 9.37 Å². The van der Waals surface area contributed by atoms with Gasteiger partial charge in [-0.3, -0.25) is 4.79 Å². The second-order valence-corrected chi connectivity index (χ2v) is 6.89. The number of hydrogen-bond acceptors (Lipinski definition) is 6. The summed E-state index contributed by atoms with van der Waals surface area (Å²) in [6.07, 6.45) is -4.86. The first kappa shape index (κ1) is 22.3. The molecule has 0 atom stereocenters. The van der Waals surface area contributed by atoms with Gasteiger partial charge in [-0.15, -0.1) is 13.2 Å². The predicted octanol–water partition coefficient (Wildman–Crippen LogP) is 5.18. The predicted molar refractivity (Wildman–Crippen MR) is 108 cm³/mol. The van der Waals surface area contributed by atoms with Crippen LogP contribution < -0.4 is 15.4 Å². The van der Waals surface area contributed by atoms with Crippen LogP contribution in [-0.4, -0.2) is 34.0 Å². The Hall–Kier alpha value is -3.41. The first-order valence-electron chi connectivity index (χ1n) is 8.52. The molecule has 31 heavy (non-hydrogen) atoms. The molecule has 162 valence electrons. The average molecular weight is 501 g/mol. The molecule has 0 unspecified atom stereocenters. The zero-order valence-corrected chi connectivity index (χ0v) is 17.0. The van der Waals surface area contributed by atoms with Crippen LogP contribution in [0.5, 0.6) is 5.75 Å². The molecule has 1 heterocycles. The fourth-order valence-corrected chi connectivity index (χ4v) is 2.71. The van der Waals surface area contributed by atoms with Gasteiger partial charge in [0.2, 0.25) is 5.95 Å². The lowest BCUT2D eigenvalue weighted by Gasteiger charge is -2.13. The summed E-state index contributed by atoms with van der Waals surface area (Å²) in [5.41, 5.74) is 0.770. The van der Waals surface area contributed by atoms with E-state index in [4.69, 9.17) is 5.11 Å². The third-order valence-corrected chi connectivity index (χ3v) is 4.32. The average Bonchev–Trinajstić information content (AvgIpc) is 2.68. The molecular formula is C19H13BrF4N4O3. The van der Waals surface area contributed by atoms with Crippen molar-refractivity contribution >= 4 is 39.4 Å². The number of halogens is 5. The topological polar surface area (TPSA) is 96.4 Å². The number of carboxylic acid groups (broad SMARTS) is 1. The summed E-state index contributed by atoms with van der Waals surface area (Å²) in [6.45, 7) is -0.493. The summed E-state index contributed by atoms with van der Waals surface area (Å²) in [6, 6.07) is 10.8. The van der Waals surface area contributed by atoms with Crippen molar-refractivity contribution in [2.75, 3.05) is 17.2 Å². The summed E-state index contributed by atoms with van der Waals surface area (Å²) in [5.74, 6) is -2.09. The number of aromatic nitrogens is 2. The number of carbonyl (C=O) groups is 1. The van der Waals surface area contributed by atoms with Gasteiger partial charge in [-0.2, -0.15) is 4.98 Å². The van der Waals surface area contributed by atoms with E-state index in [1.807, 2.05) is 0 Å². The van der Waals surface area contributed by atoms with Crippen LogP contribution in [0.4, 0.5) is 35.0 Å². The molecule has 1 aromatic heterocycles. The normalized spacial score (nSPS) is 11.1. The van der Waals surface area contributed by atoms with Crippen molar-refractivity contribution in [2.45, 2.75) is 6.36 Å². The van der Waals surface area contributed by atoms with Crippen LogP contribution in [0, 0.1) is 5.82 Å². The summed E-state index contributed by atoms with van der Waals surface area (Å²) >= 11 is 3.04. The second kappa shape index (κ2) is 9.16. The standard InChI is InChI=1S/C19H13BrF4N4O3/c20-13-5-4-11(7-14(13)21)26-16-8-15(27-18(28-16)25-9-17(29)30)10-2-1-3-12(6-10)31-19(22,23)24/h1-8H,9H2,(H,29,30)(H2,25,26,27,28). The Morgan fingerprint density at radius 1 is 1.13 bits per heavy atom. The van der Waals surface area contributed by atoms with E-state index < -0.39 is 30.4 Å². The Kier molecular flexibility index (Phi) is 6.59. The van der Waals surface area contributed by atoms with Crippen molar-refractivity contribution in [3.63, 3.8) is 0 Å². The molecule has 7 nitrogen and oxygen atoms in total. The number of ether oxygens (including phenoxy) is 1. The number of aliphatic carboxylic acids is 1.